The number of rotatable bonds is 8. The molecule has 3 heterocycles. The Morgan fingerprint density at radius 3 is 2.43 bits per heavy atom. The molecule has 0 spiro atoms. The fourth-order valence-electron chi connectivity index (χ4n) is 4.99. The summed E-state index contributed by atoms with van der Waals surface area (Å²) >= 11 is 0. The number of fused-ring (bicyclic) bond motifs is 4. The molecule has 42 heavy (non-hydrogen) atoms. The summed E-state index contributed by atoms with van der Waals surface area (Å²) in [5, 5.41) is 2.22. The minimum atomic E-state index is -3.17. The predicted octanol–water partition coefficient (Wildman–Crippen LogP) is 4.34. The molecule has 2 aliphatic rings. The molecule has 3 atom stereocenters. The normalized spacial score (nSPS) is 19.5. The minimum Gasteiger partial charge on any atom is -0.483 e. The highest BCUT2D eigenvalue weighted by Crippen LogP contribution is 2.34. The lowest BCUT2D eigenvalue weighted by molar-refractivity contribution is -0.161. The third-order valence-electron chi connectivity index (χ3n) is 7.11. The van der Waals surface area contributed by atoms with Crippen LogP contribution < -0.4 is 15.5 Å². The average Bonchev–Trinajstić information content (AvgIpc) is 3.07. The summed E-state index contributed by atoms with van der Waals surface area (Å²) in [6, 6.07) is 7.96. The summed E-state index contributed by atoms with van der Waals surface area (Å²) in [7, 11) is 0. The van der Waals surface area contributed by atoms with Crippen LogP contribution in [0.4, 0.5) is 22.0 Å². The number of ether oxygens (including phenoxy) is 2. The third kappa shape index (κ3) is 5.64. The zero-order valence-electron chi connectivity index (χ0n) is 22.0. The smallest absolute Gasteiger partial charge is 0.345 e. The first-order valence-electron chi connectivity index (χ1n) is 12.9. The van der Waals surface area contributed by atoms with Gasteiger partial charge >= 0.3 is 6.61 Å². The van der Waals surface area contributed by atoms with Crippen molar-refractivity contribution in [3.05, 3.63) is 111 Å². The van der Waals surface area contributed by atoms with E-state index in [1.807, 2.05) is 0 Å². The highest BCUT2D eigenvalue weighted by molar-refractivity contribution is 5.99. The van der Waals surface area contributed by atoms with E-state index in [2.05, 4.69) is 5.32 Å². The van der Waals surface area contributed by atoms with Crippen LogP contribution in [0.3, 0.4) is 0 Å². The third-order valence-corrected chi connectivity index (χ3v) is 7.11. The van der Waals surface area contributed by atoms with Crippen molar-refractivity contribution in [1.29, 1.82) is 0 Å². The Hall–Kier alpha value is -4.52. The molecule has 1 N–H and O–H groups in total. The van der Waals surface area contributed by atoms with Gasteiger partial charge in [-0.3, -0.25) is 14.4 Å². The van der Waals surface area contributed by atoms with Gasteiger partial charge < -0.3 is 24.3 Å². The molecule has 0 saturated carbocycles. The van der Waals surface area contributed by atoms with Gasteiger partial charge in [-0.1, -0.05) is 42.5 Å². The van der Waals surface area contributed by atoms with Gasteiger partial charge in [-0.15, -0.1) is 0 Å². The van der Waals surface area contributed by atoms with Gasteiger partial charge in [0.25, 0.3) is 11.8 Å². The van der Waals surface area contributed by atoms with Gasteiger partial charge in [-0.25, -0.2) is 13.2 Å². The summed E-state index contributed by atoms with van der Waals surface area (Å²) in [4.78, 5) is 41.9. The zero-order chi connectivity index (χ0) is 30.1. The van der Waals surface area contributed by atoms with Crippen molar-refractivity contribution in [3.63, 3.8) is 0 Å². The van der Waals surface area contributed by atoms with Crippen LogP contribution in [0, 0.1) is 17.5 Å². The Morgan fingerprint density at radius 1 is 1.07 bits per heavy atom. The predicted molar refractivity (Wildman–Crippen MR) is 139 cm³/mol. The van der Waals surface area contributed by atoms with Crippen molar-refractivity contribution in [1.82, 2.24) is 14.8 Å². The summed E-state index contributed by atoms with van der Waals surface area (Å²) in [6.45, 7) is -2.51. The molecule has 3 aromatic rings. The number of hydrogen-bond donors (Lipinski definition) is 1. The standard InChI is InChI=1S/C29H24F5N3O5/c1-15-7-8-23(42-29(33)34)22-13-36(15)28(40)24-26(41-14-16-5-3-2-4-6-16)25(38)19(12-37(22)24)27(39)35-11-18-20(31)9-17(30)10-21(18)32/h2-10,12,15,22-23,29H,11,13-14H2,1H3,(H,35,39)/t15-,22+,23-/m0/s1. The highest BCUT2D eigenvalue weighted by Gasteiger charge is 2.42. The first-order chi connectivity index (χ1) is 20.0. The summed E-state index contributed by atoms with van der Waals surface area (Å²) in [5.41, 5.74) is -1.87. The van der Waals surface area contributed by atoms with E-state index >= 15 is 0 Å². The molecule has 0 unspecified atom stereocenters. The molecule has 13 heteroatoms. The molecule has 2 aliphatic heterocycles. The molecule has 1 aromatic heterocycles. The van der Waals surface area contributed by atoms with E-state index in [9.17, 15) is 36.3 Å². The molecule has 0 saturated heterocycles. The maximum Gasteiger partial charge on any atom is 0.345 e. The van der Waals surface area contributed by atoms with Gasteiger partial charge in [0.1, 0.15) is 35.7 Å². The zero-order valence-corrected chi connectivity index (χ0v) is 22.0. The minimum absolute atomic E-state index is 0.0918. The summed E-state index contributed by atoms with van der Waals surface area (Å²) in [5.74, 6) is -5.89. The highest BCUT2D eigenvalue weighted by atomic mass is 19.3. The summed E-state index contributed by atoms with van der Waals surface area (Å²) in [6.07, 6.45) is 2.67. The largest absolute Gasteiger partial charge is 0.483 e. The molecule has 0 radical (unpaired) electrons. The fourth-order valence-corrected chi connectivity index (χ4v) is 4.99. The van der Waals surface area contributed by atoms with Crippen LogP contribution in [0.2, 0.25) is 0 Å². The molecular formula is C29H24F5N3O5. The van der Waals surface area contributed by atoms with Crippen LogP contribution in [0.15, 0.2) is 65.6 Å². The lowest BCUT2D eigenvalue weighted by Crippen LogP contribution is -2.50. The number of aromatic nitrogens is 1. The Morgan fingerprint density at radius 2 is 1.76 bits per heavy atom. The molecule has 2 bridgehead atoms. The molecule has 0 aliphatic carbocycles. The average molecular weight is 590 g/mol. The number of hydrogen-bond acceptors (Lipinski definition) is 5. The van der Waals surface area contributed by atoms with Crippen molar-refractivity contribution >= 4 is 11.8 Å². The van der Waals surface area contributed by atoms with Crippen LogP contribution in [-0.2, 0) is 17.9 Å². The summed E-state index contributed by atoms with van der Waals surface area (Å²) < 4.78 is 80.2. The number of carbonyl (C=O) groups is 2. The van der Waals surface area contributed by atoms with Crippen LogP contribution >= 0.6 is 0 Å². The van der Waals surface area contributed by atoms with E-state index in [0.717, 1.165) is 6.20 Å². The van der Waals surface area contributed by atoms with Gasteiger partial charge in [-0.2, -0.15) is 8.78 Å². The second-order valence-corrected chi connectivity index (χ2v) is 9.77. The molecule has 5 rings (SSSR count). The number of halogens is 5. The number of benzene rings is 2. The number of nitrogens with one attached hydrogen (secondary N) is 1. The van der Waals surface area contributed by atoms with E-state index in [1.54, 1.807) is 37.3 Å². The van der Waals surface area contributed by atoms with Crippen molar-refractivity contribution in [2.45, 2.75) is 44.9 Å². The molecule has 2 aromatic carbocycles. The number of amides is 2. The molecule has 0 fully saturated rings. The van der Waals surface area contributed by atoms with Crippen molar-refractivity contribution in [2.24, 2.45) is 0 Å². The molecule has 2 amide bonds. The quantitative estimate of drug-likeness (QED) is 0.312. The maximum atomic E-state index is 14.2. The van der Waals surface area contributed by atoms with E-state index < -0.39 is 82.9 Å². The molecule has 8 nitrogen and oxygen atoms in total. The van der Waals surface area contributed by atoms with Crippen LogP contribution in [-0.4, -0.2) is 46.6 Å². The lowest BCUT2D eigenvalue weighted by atomic mass is 10.0. The van der Waals surface area contributed by atoms with E-state index in [0.29, 0.717) is 17.7 Å². The van der Waals surface area contributed by atoms with E-state index in [-0.39, 0.29) is 18.8 Å². The van der Waals surface area contributed by atoms with Gasteiger partial charge in [-0.05, 0) is 12.5 Å². The van der Waals surface area contributed by atoms with Gasteiger partial charge in [0, 0.05) is 43.0 Å². The monoisotopic (exact) mass is 589 g/mol. The van der Waals surface area contributed by atoms with Crippen molar-refractivity contribution in [3.8, 4) is 5.75 Å². The number of pyridine rings is 1. The van der Waals surface area contributed by atoms with Gasteiger partial charge in [0.2, 0.25) is 5.43 Å². The number of carbonyl (C=O) groups excluding carboxylic acids is 2. The second-order valence-electron chi connectivity index (χ2n) is 9.77. The second kappa shape index (κ2) is 11.8. The molecule has 220 valence electrons. The molecular weight excluding hydrogens is 565 g/mol. The SMILES string of the molecule is C[C@H]1C=C[C@H](OC(F)F)[C@H]2CN1C(=O)c1c(OCc3ccccc3)c(=O)c(C(=O)NCc3c(F)cc(F)cc3F)cn12. The van der Waals surface area contributed by atoms with E-state index in [4.69, 9.17) is 9.47 Å². The maximum absolute atomic E-state index is 14.2. The fraction of sp³-hybridized carbons (Fsp3) is 0.276. The number of nitrogens with zero attached hydrogens (tertiary/aromatic N) is 2. The Bertz CT molecular complexity index is 1590. The Balaban J connectivity index is 1.59. The lowest BCUT2D eigenvalue weighted by Gasteiger charge is -2.39. The van der Waals surface area contributed by atoms with Crippen molar-refractivity contribution in [2.75, 3.05) is 6.54 Å². The number of alkyl halides is 2. The van der Waals surface area contributed by atoms with E-state index in [1.165, 1.54) is 21.6 Å². The van der Waals surface area contributed by atoms with Gasteiger partial charge in [0.15, 0.2) is 11.4 Å². The van der Waals surface area contributed by atoms with Crippen LogP contribution in [0.1, 0.15) is 44.9 Å². The first-order valence-corrected chi connectivity index (χ1v) is 12.9. The van der Waals surface area contributed by atoms with Crippen molar-refractivity contribution < 1.29 is 41.0 Å². The van der Waals surface area contributed by atoms with Crippen LogP contribution in [0.5, 0.6) is 5.75 Å². The first kappa shape index (κ1) is 29.0. The van der Waals surface area contributed by atoms with Gasteiger partial charge in [0.05, 0.1) is 6.04 Å². The Kier molecular flexibility index (Phi) is 8.12. The topological polar surface area (TPSA) is 89.9 Å². The Labute approximate surface area is 236 Å². The van der Waals surface area contributed by atoms with Crippen LogP contribution in [0.25, 0.3) is 0 Å².